The Kier molecular flexibility index (Phi) is 4.00. The number of amides is 1. The minimum atomic E-state index is -0.218. The number of carbonyl (C=O) groups is 1. The van der Waals surface area contributed by atoms with Crippen LogP contribution in [0.4, 0.5) is 0 Å². The highest BCUT2D eigenvalue weighted by molar-refractivity contribution is 5.92. The third-order valence-corrected chi connectivity index (χ3v) is 1.76. The average Bonchev–Trinajstić information content (AvgIpc) is 2.25. The highest BCUT2D eigenvalue weighted by Gasteiger charge is 2.11. The van der Waals surface area contributed by atoms with E-state index in [1.54, 1.807) is 20.4 Å². The normalized spacial score (nSPS) is 9.86. The van der Waals surface area contributed by atoms with Crippen LogP contribution in [0.3, 0.4) is 0 Å². The van der Waals surface area contributed by atoms with E-state index in [-0.39, 0.29) is 5.91 Å². The van der Waals surface area contributed by atoms with Crippen LogP contribution in [-0.4, -0.2) is 36.6 Å². The van der Waals surface area contributed by atoms with Gasteiger partial charge in [-0.3, -0.25) is 9.78 Å². The van der Waals surface area contributed by atoms with Crippen LogP contribution in [0.1, 0.15) is 16.2 Å². The molecule has 0 aromatic carbocycles. The van der Waals surface area contributed by atoms with Crippen LogP contribution in [-0.2, 0) is 11.2 Å². The van der Waals surface area contributed by atoms with E-state index in [4.69, 9.17) is 4.74 Å². The molecule has 0 unspecified atom stereocenters. The van der Waals surface area contributed by atoms with Gasteiger partial charge in [0.2, 0.25) is 0 Å². The summed E-state index contributed by atoms with van der Waals surface area (Å²) in [5.74, 6) is -0.218. The maximum atomic E-state index is 11.3. The quantitative estimate of drug-likeness (QED) is 0.736. The van der Waals surface area contributed by atoms with Crippen molar-refractivity contribution in [3.8, 4) is 0 Å². The number of hydrogen-bond acceptors (Lipinski definition) is 4. The molecular formula is C9H13N3O2. The Bertz CT molecular complexity index is 315. The molecule has 0 saturated heterocycles. The van der Waals surface area contributed by atoms with Gasteiger partial charge in [-0.05, 0) is 0 Å². The summed E-state index contributed by atoms with van der Waals surface area (Å²) in [5.41, 5.74) is 1.03. The van der Waals surface area contributed by atoms with E-state index in [9.17, 15) is 4.79 Å². The molecular weight excluding hydrogens is 182 g/mol. The Morgan fingerprint density at radius 3 is 2.86 bits per heavy atom. The molecule has 0 aliphatic heterocycles. The number of methoxy groups -OCH3 is 1. The van der Waals surface area contributed by atoms with Gasteiger partial charge in [0.1, 0.15) is 5.69 Å². The molecule has 0 spiro atoms. The lowest BCUT2D eigenvalue weighted by molar-refractivity contribution is 0.0956. The number of ether oxygens (including phenoxy) is 1. The maximum absolute atomic E-state index is 11.3. The van der Waals surface area contributed by atoms with Crippen LogP contribution in [0, 0.1) is 0 Å². The SMILES string of the molecule is CNC(=O)c1nccnc1CCOC. The summed E-state index contributed by atoms with van der Waals surface area (Å²) in [7, 11) is 3.17. The Hall–Kier alpha value is -1.49. The number of nitrogens with one attached hydrogen (secondary N) is 1. The second-order valence-electron chi connectivity index (χ2n) is 2.67. The molecule has 0 atom stereocenters. The highest BCUT2D eigenvalue weighted by atomic mass is 16.5. The Balaban J connectivity index is 2.85. The highest BCUT2D eigenvalue weighted by Crippen LogP contribution is 2.02. The second kappa shape index (κ2) is 5.29. The van der Waals surface area contributed by atoms with Gasteiger partial charge < -0.3 is 10.1 Å². The summed E-state index contributed by atoms with van der Waals surface area (Å²) in [4.78, 5) is 19.4. The summed E-state index contributed by atoms with van der Waals surface area (Å²) in [6.45, 7) is 0.530. The fraction of sp³-hybridized carbons (Fsp3) is 0.444. The number of nitrogens with zero attached hydrogens (tertiary/aromatic N) is 2. The van der Waals surface area contributed by atoms with Gasteiger partial charge >= 0.3 is 0 Å². The zero-order valence-corrected chi connectivity index (χ0v) is 8.28. The fourth-order valence-electron chi connectivity index (χ4n) is 1.06. The van der Waals surface area contributed by atoms with Crippen LogP contribution < -0.4 is 5.32 Å². The van der Waals surface area contributed by atoms with Crippen LogP contribution in [0.5, 0.6) is 0 Å². The lowest BCUT2D eigenvalue weighted by Gasteiger charge is -2.04. The van der Waals surface area contributed by atoms with E-state index in [0.29, 0.717) is 24.4 Å². The van der Waals surface area contributed by atoms with E-state index in [1.165, 1.54) is 6.20 Å². The van der Waals surface area contributed by atoms with Gasteiger partial charge in [-0.1, -0.05) is 0 Å². The third-order valence-electron chi connectivity index (χ3n) is 1.76. The molecule has 0 saturated carbocycles. The number of carbonyl (C=O) groups excluding carboxylic acids is 1. The number of rotatable bonds is 4. The predicted molar refractivity (Wildman–Crippen MR) is 51.0 cm³/mol. The van der Waals surface area contributed by atoms with Crippen molar-refractivity contribution >= 4 is 5.91 Å². The number of aromatic nitrogens is 2. The van der Waals surface area contributed by atoms with Gasteiger partial charge in [0.15, 0.2) is 0 Å². The summed E-state index contributed by atoms with van der Waals surface area (Å²) in [6, 6.07) is 0. The molecule has 1 aromatic heterocycles. The van der Waals surface area contributed by atoms with Crippen molar-refractivity contribution < 1.29 is 9.53 Å². The van der Waals surface area contributed by atoms with Crippen molar-refractivity contribution in [1.29, 1.82) is 0 Å². The van der Waals surface area contributed by atoms with Crippen molar-refractivity contribution in [1.82, 2.24) is 15.3 Å². The Labute approximate surface area is 82.5 Å². The summed E-state index contributed by atoms with van der Waals surface area (Å²) >= 11 is 0. The monoisotopic (exact) mass is 195 g/mol. The third kappa shape index (κ3) is 2.50. The van der Waals surface area contributed by atoms with Crippen LogP contribution in [0.25, 0.3) is 0 Å². The molecule has 1 heterocycles. The van der Waals surface area contributed by atoms with E-state index in [1.807, 2.05) is 0 Å². The first kappa shape index (κ1) is 10.6. The molecule has 1 rings (SSSR count). The van der Waals surface area contributed by atoms with Crippen LogP contribution in [0.2, 0.25) is 0 Å². The zero-order chi connectivity index (χ0) is 10.4. The van der Waals surface area contributed by atoms with Crippen LogP contribution >= 0.6 is 0 Å². The lowest BCUT2D eigenvalue weighted by atomic mass is 10.2. The second-order valence-corrected chi connectivity index (χ2v) is 2.67. The molecule has 0 aliphatic rings. The Morgan fingerprint density at radius 1 is 1.50 bits per heavy atom. The summed E-state index contributed by atoms with van der Waals surface area (Å²) in [5, 5.41) is 2.52. The number of hydrogen-bond donors (Lipinski definition) is 1. The first-order valence-corrected chi connectivity index (χ1v) is 4.30. The standard InChI is InChI=1S/C9H13N3O2/c1-10-9(13)8-7(3-6-14-2)11-4-5-12-8/h4-5H,3,6H2,1-2H3,(H,10,13). The maximum Gasteiger partial charge on any atom is 0.271 e. The molecule has 1 aromatic rings. The van der Waals surface area contributed by atoms with Crippen LogP contribution in [0.15, 0.2) is 12.4 Å². The van der Waals surface area contributed by atoms with Gasteiger partial charge in [0.05, 0.1) is 12.3 Å². The van der Waals surface area contributed by atoms with Gasteiger partial charge in [0, 0.05) is 33.0 Å². The molecule has 0 bridgehead atoms. The molecule has 0 fully saturated rings. The van der Waals surface area contributed by atoms with Crippen molar-refractivity contribution in [2.24, 2.45) is 0 Å². The van der Waals surface area contributed by atoms with Crippen molar-refractivity contribution in [2.45, 2.75) is 6.42 Å². The molecule has 76 valence electrons. The molecule has 5 nitrogen and oxygen atoms in total. The van der Waals surface area contributed by atoms with E-state index in [2.05, 4.69) is 15.3 Å². The van der Waals surface area contributed by atoms with Crippen molar-refractivity contribution in [2.75, 3.05) is 20.8 Å². The van der Waals surface area contributed by atoms with E-state index < -0.39 is 0 Å². The van der Waals surface area contributed by atoms with Gasteiger partial charge in [0.25, 0.3) is 5.91 Å². The first-order valence-electron chi connectivity index (χ1n) is 4.30. The first-order chi connectivity index (χ1) is 6.79. The summed E-state index contributed by atoms with van der Waals surface area (Å²) in [6.07, 6.45) is 3.66. The average molecular weight is 195 g/mol. The van der Waals surface area contributed by atoms with Crippen molar-refractivity contribution in [3.63, 3.8) is 0 Å². The fourth-order valence-corrected chi connectivity index (χ4v) is 1.06. The molecule has 14 heavy (non-hydrogen) atoms. The van der Waals surface area contributed by atoms with Gasteiger partial charge in [-0.2, -0.15) is 0 Å². The van der Waals surface area contributed by atoms with Crippen molar-refractivity contribution in [3.05, 3.63) is 23.8 Å². The summed E-state index contributed by atoms with van der Waals surface area (Å²) < 4.78 is 4.91. The van der Waals surface area contributed by atoms with E-state index >= 15 is 0 Å². The smallest absolute Gasteiger partial charge is 0.271 e. The van der Waals surface area contributed by atoms with Gasteiger partial charge in [-0.15, -0.1) is 0 Å². The van der Waals surface area contributed by atoms with E-state index in [0.717, 1.165) is 0 Å². The molecule has 5 heteroatoms. The Morgan fingerprint density at radius 2 is 2.21 bits per heavy atom. The topological polar surface area (TPSA) is 64.1 Å². The molecule has 1 amide bonds. The minimum absolute atomic E-state index is 0.218. The lowest BCUT2D eigenvalue weighted by Crippen LogP contribution is -2.22. The molecule has 0 radical (unpaired) electrons. The molecule has 1 N–H and O–H groups in total. The minimum Gasteiger partial charge on any atom is -0.384 e. The predicted octanol–water partition coefficient (Wildman–Crippen LogP) is 0.0251. The zero-order valence-electron chi connectivity index (χ0n) is 8.28. The largest absolute Gasteiger partial charge is 0.384 e. The van der Waals surface area contributed by atoms with Gasteiger partial charge in [-0.25, -0.2) is 4.98 Å². The molecule has 0 aliphatic carbocycles.